The van der Waals surface area contributed by atoms with Crippen molar-refractivity contribution < 1.29 is 4.74 Å². The Hall–Kier alpha value is -1.02. The van der Waals surface area contributed by atoms with Crippen molar-refractivity contribution in [1.29, 1.82) is 0 Å². The van der Waals surface area contributed by atoms with Gasteiger partial charge in [-0.2, -0.15) is 0 Å². The van der Waals surface area contributed by atoms with Gasteiger partial charge in [-0.05, 0) is 61.1 Å². The number of hydrogen-bond acceptors (Lipinski definition) is 2. The van der Waals surface area contributed by atoms with Crippen LogP contribution in [0.2, 0.25) is 0 Å². The second kappa shape index (κ2) is 5.77. The molecule has 0 heterocycles. The molecule has 1 atom stereocenters. The highest BCUT2D eigenvalue weighted by Crippen LogP contribution is 2.35. The van der Waals surface area contributed by atoms with Crippen LogP contribution in [0.4, 0.5) is 0 Å². The zero-order chi connectivity index (χ0) is 14.9. The summed E-state index contributed by atoms with van der Waals surface area (Å²) in [5.41, 5.74) is 10.1. The van der Waals surface area contributed by atoms with Crippen molar-refractivity contribution >= 4 is 0 Å². The van der Waals surface area contributed by atoms with Crippen molar-refractivity contribution in [2.24, 2.45) is 11.7 Å². The summed E-state index contributed by atoms with van der Waals surface area (Å²) in [6, 6.07) is 4.72. The maximum absolute atomic E-state index is 6.10. The van der Waals surface area contributed by atoms with Crippen molar-refractivity contribution in [3.05, 3.63) is 28.8 Å². The topological polar surface area (TPSA) is 35.2 Å². The maximum Gasteiger partial charge on any atom is 0.125 e. The zero-order valence-electron chi connectivity index (χ0n) is 13.6. The van der Waals surface area contributed by atoms with Gasteiger partial charge in [0, 0.05) is 6.04 Å². The Bertz CT molecular complexity index is 467. The molecule has 0 aromatic heterocycles. The molecule has 0 saturated heterocycles. The fraction of sp³-hybridized carbons (Fsp3) is 0.667. The van der Waals surface area contributed by atoms with Gasteiger partial charge in [-0.25, -0.2) is 0 Å². The molecule has 0 bridgehead atoms. The smallest absolute Gasteiger partial charge is 0.125 e. The average molecular weight is 275 g/mol. The van der Waals surface area contributed by atoms with Gasteiger partial charge in [-0.1, -0.05) is 32.9 Å². The SMILES string of the molecule is Cc1cc(C(C)(C)C)cc(CC(C)N)c1OCC1CC1. The molecule has 1 aliphatic carbocycles. The third-order valence-corrected chi connectivity index (χ3v) is 3.92. The van der Waals surface area contributed by atoms with Gasteiger partial charge in [0.25, 0.3) is 0 Å². The monoisotopic (exact) mass is 275 g/mol. The van der Waals surface area contributed by atoms with Gasteiger partial charge in [0.2, 0.25) is 0 Å². The van der Waals surface area contributed by atoms with Crippen LogP contribution in [0.25, 0.3) is 0 Å². The average Bonchev–Trinajstić information content (AvgIpc) is 3.09. The van der Waals surface area contributed by atoms with Gasteiger partial charge in [0.15, 0.2) is 0 Å². The van der Waals surface area contributed by atoms with Crippen LogP contribution in [0.5, 0.6) is 5.75 Å². The molecule has 0 aliphatic heterocycles. The minimum absolute atomic E-state index is 0.159. The third kappa shape index (κ3) is 3.99. The van der Waals surface area contributed by atoms with Crippen LogP contribution < -0.4 is 10.5 Å². The van der Waals surface area contributed by atoms with Gasteiger partial charge in [0.1, 0.15) is 5.75 Å². The van der Waals surface area contributed by atoms with Gasteiger partial charge < -0.3 is 10.5 Å². The normalized spacial score (nSPS) is 17.1. The molecule has 0 radical (unpaired) electrons. The molecular weight excluding hydrogens is 246 g/mol. The molecule has 2 N–H and O–H groups in total. The van der Waals surface area contributed by atoms with Crippen LogP contribution in [0, 0.1) is 12.8 Å². The lowest BCUT2D eigenvalue weighted by molar-refractivity contribution is 0.294. The third-order valence-electron chi connectivity index (χ3n) is 3.92. The summed E-state index contributed by atoms with van der Waals surface area (Å²) in [7, 11) is 0. The highest BCUT2D eigenvalue weighted by Gasteiger charge is 2.24. The van der Waals surface area contributed by atoms with Crippen molar-refractivity contribution in [2.75, 3.05) is 6.61 Å². The van der Waals surface area contributed by atoms with E-state index in [1.807, 2.05) is 0 Å². The first kappa shape index (κ1) is 15.4. The van der Waals surface area contributed by atoms with Crippen molar-refractivity contribution in [3.8, 4) is 5.75 Å². The summed E-state index contributed by atoms with van der Waals surface area (Å²) in [5.74, 6) is 1.85. The first-order chi connectivity index (χ1) is 9.27. The number of ether oxygens (including phenoxy) is 1. The molecule has 1 aromatic carbocycles. The van der Waals surface area contributed by atoms with Crippen molar-refractivity contribution in [2.45, 2.75) is 65.3 Å². The van der Waals surface area contributed by atoms with E-state index in [0.717, 1.165) is 24.7 Å². The van der Waals surface area contributed by atoms with E-state index in [-0.39, 0.29) is 11.5 Å². The Morgan fingerprint density at radius 3 is 2.45 bits per heavy atom. The van der Waals surface area contributed by atoms with E-state index in [2.05, 4.69) is 46.8 Å². The Morgan fingerprint density at radius 2 is 1.95 bits per heavy atom. The van der Waals surface area contributed by atoms with Crippen molar-refractivity contribution in [3.63, 3.8) is 0 Å². The molecular formula is C18H29NO. The van der Waals surface area contributed by atoms with Crippen molar-refractivity contribution in [1.82, 2.24) is 0 Å². The second-order valence-corrected chi connectivity index (χ2v) is 7.47. The molecule has 0 amide bonds. The van der Waals surface area contributed by atoms with E-state index in [1.165, 1.54) is 29.5 Å². The van der Waals surface area contributed by atoms with Crippen LogP contribution in [-0.4, -0.2) is 12.6 Å². The first-order valence-corrected chi connectivity index (χ1v) is 7.79. The Kier molecular flexibility index (Phi) is 4.43. The molecule has 20 heavy (non-hydrogen) atoms. The molecule has 1 aromatic rings. The summed E-state index contributed by atoms with van der Waals surface area (Å²) in [5, 5.41) is 0. The molecule has 1 fully saturated rings. The van der Waals surface area contributed by atoms with E-state index < -0.39 is 0 Å². The standard InChI is InChI=1S/C18H29NO/c1-12-8-16(18(3,4)5)10-15(9-13(2)19)17(12)20-11-14-6-7-14/h8,10,13-14H,6-7,9,11,19H2,1-5H3. The maximum atomic E-state index is 6.10. The lowest BCUT2D eigenvalue weighted by atomic mass is 9.84. The number of rotatable bonds is 5. The van der Waals surface area contributed by atoms with Gasteiger partial charge in [-0.15, -0.1) is 0 Å². The lowest BCUT2D eigenvalue weighted by Crippen LogP contribution is -2.20. The van der Waals surface area contributed by atoms with E-state index in [0.29, 0.717) is 0 Å². The van der Waals surface area contributed by atoms with Crippen LogP contribution in [0.15, 0.2) is 12.1 Å². The number of aryl methyl sites for hydroxylation is 1. The molecule has 0 spiro atoms. The van der Waals surface area contributed by atoms with Crippen LogP contribution in [-0.2, 0) is 11.8 Å². The number of benzene rings is 1. The number of nitrogens with two attached hydrogens (primary N) is 1. The molecule has 1 aliphatic rings. The van der Waals surface area contributed by atoms with Gasteiger partial charge >= 0.3 is 0 Å². The fourth-order valence-electron chi connectivity index (χ4n) is 2.47. The summed E-state index contributed by atoms with van der Waals surface area (Å²) in [6.07, 6.45) is 3.52. The molecule has 1 saturated carbocycles. The lowest BCUT2D eigenvalue weighted by Gasteiger charge is -2.24. The zero-order valence-corrected chi connectivity index (χ0v) is 13.6. The Labute approximate surface area is 123 Å². The Morgan fingerprint density at radius 1 is 1.30 bits per heavy atom. The molecule has 2 rings (SSSR count). The quantitative estimate of drug-likeness (QED) is 0.882. The predicted octanol–water partition coefficient (Wildman–Crippen LogP) is 3.97. The molecule has 112 valence electrons. The van der Waals surface area contributed by atoms with E-state index in [9.17, 15) is 0 Å². The van der Waals surface area contributed by atoms with Crippen LogP contribution in [0.1, 0.15) is 57.2 Å². The number of hydrogen-bond donors (Lipinski definition) is 1. The van der Waals surface area contributed by atoms with Crippen LogP contribution in [0.3, 0.4) is 0 Å². The first-order valence-electron chi connectivity index (χ1n) is 7.79. The summed E-state index contributed by atoms with van der Waals surface area (Å²) in [4.78, 5) is 0. The molecule has 2 nitrogen and oxygen atoms in total. The Balaban J connectivity index is 2.31. The summed E-state index contributed by atoms with van der Waals surface area (Å²) >= 11 is 0. The van der Waals surface area contributed by atoms with E-state index in [4.69, 9.17) is 10.5 Å². The highest BCUT2D eigenvalue weighted by atomic mass is 16.5. The fourth-order valence-corrected chi connectivity index (χ4v) is 2.47. The summed E-state index contributed by atoms with van der Waals surface area (Å²) < 4.78 is 6.10. The van der Waals surface area contributed by atoms with Gasteiger partial charge in [-0.3, -0.25) is 0 Å². The van der Waals surface area contributed by atoms with E-state index in [1.54, 1.807) is 0 Å². The minimum atomic E-state index is 0.159. The van der Waals surface area contributed by atoms with Crippen LogP contribution >= 0.6 is 0 Å². The second-order valence-electron chi connectivity index (χ2n) is 7.47. The highest BCUT2D eigenvalue weighted by molar-refractivity contribution is 5.46. The summed E-state index contributed by atoms with van der Waals surface area (Å²) in [6.45, 7) is 11.8. The molecule has 2 heteroatoms. The minimum Gasteiger partial charge on any atom is -0.493 e. The largest absolute Gasteiger partial charge is 0.493 e. The molecule has 1 unspecified atom stereocenters. The predicted molar refractivity (Wildman–Crippen MR) is 85.5 cm³/mol. The van der Waals surface area contributed by atoms with E-state index >= 15 is 0 Å². The van der Waals surface area contributed by atoms with Gasteiger partial charge in [0.05, 0.1) is 6.61 Å².